The first-order valence-corrected chi connectivity index (χ1v) is 11.2. The van der Waals surface area contributed by atoms with Crippen LogP contribution in [-0.4, -0.2) is 27.0 Å². The van der Waals surface area contributed by atoms with Gasteiger partial charge in [0.25, 0.3) is 5.91 Å². The van der Waals surface area contributed by atoms with E-state index in [1.54, 1.807) is 12.1 Å². The van der Waals surface area contributed by atoms with Gasteiger partial charge in [-0.05, 0) is 54.5 Å². The van der Waals surface area contributed by atoms with Crippen molar-refractivity contribution in [3.8, 4) is 0 Å². The fraction of sp³-hybridized carbons (Fsp3) is 0.348. The third-order valence-corrected chi connectivity index (χ3v) is 6.77. The van der Waals surface area contributed by atoms with Crippen molar-refractivity contribution in [1.29, 1.82) is 0 Å². The van der Waals surface area contributed by atoms with E-state index in [1.807, 2.05) is 0 Å². The maximum Gasteiger partial charge on any atom is 0.282 e. The Balaban J connectivity index is 1.24. The maximum atomic E-state index is 13.0. The number of amides is 1. The van der Waals surface area contributed by atoms with Gasteiger partial charge in [-0.15, -0.1) is 10.2 Å². The smallest absolute Gasteiger partial charge is 0.282 e. The number of hydrogen-bond acceptors (Lipinski definition) is 5. The molecule has 5 rings (SSSR count). The van der Waals surface area contributed by atoms with Gasteiger partial charge in [-0.1, -0.05) is 47.7 Å². The van der Waals surface area contributed by atoms with Crippen LogP contribution in [0.3, 0.4) is 0 Å². The normalized spacial score (nSPS) is 17.9. The first-order chi connectivity index (χ1) is 14.7. The second kappa shape index (κ2) is 8.24. The molecule has 0 spiro atoms. The van der Waals surface area contributed by atoms with Gasteiger partial charge in [-0.2, -0.15) is 0 Å². The fourth-order valence-corrected chi connectivity index (χ4v) is 4.97. The molecule has 1 heterocycles. The minimum absolute atomic E-state index is 0.243. The van der Waals surface area contributed by atoms with Crippen LogP contribution in [0.5, 0.6) is 0 Å². The van der Waals surface area contributed by atoms with Crippen molar-refractivity contribution in [2.24, 2.45) is 0 Å². The quantitative estimate of drug-likeness (QED) is 0.618. The highest BCUT2D eigenvalue weighted by atomic mass is 32.1. The number of nitrogens with zero attached hydrogens (tertiary/aromatic N) is 3. The molecule has 1 aromatic heterocycles. The van der Waals surface area contributed by atoms with Crippen LogP contribution >= 0.6 is 11.3 Å². The lowest BCUT2D eigenvalue weighted by Crippen LogP contribution is -2.29. The van der Waals surface area contributed by atoms with Gasteiger partial charge in [0.1, 0.15) is 10.8 Å². The van der Waals surface area contributed by atoms with Crippen molar-refractivity contribution in [3.05, 3.63) is 81.1 Å². The van der Waals surface area contributed by atoms with Crippen molar-refractivity contribution in [2.45, 2.75) is 50.9 Å². The van der Waals surface area contributed by atoms with E-state index in [0.717, 1.165) is 30.0 Å². The number of halogens is 1. The van der Waals surface area contributed by atoms with Crippen molar-refractivity contribution in [3.63, 3.8) is 0 Å². The van der Waals surface area contributed by atoms with Gasteiger partial charge >= 0.3 is 0 Å². The number of nitrogens with one attached hydrogen (secondary N) is 1. The SMILES string of the molecule is O=C(NCc1ccc(F)cc1)c1nnc(CN(C2CC2)[C@H]2CCc3ccccc32)s1. The van der Waals surface area contributed by atoms with E-state index in [2.05, 4.69) is 44.7 Å². The van der Waals surface area contributed by atoms with Crippen LogP contribution < -0.4 is 5.32 Å². The van der Waals surface area contributed by atoms with Gasteiger partial charge < -0.3 is 5.32 Å². The first-order valence-electron chi connectivity index (χ1n) is 10.4. The van der Waals surface area contributed by atoms with Crippen LogP contribution in [-0.2, 0) is 19.5 Å². The Bertz CT molecular complexity index is 1050. The summed E-state index contributed by atoms with van der Waals surface area (Å²) in [6, 6.07) is 15.8. The zero-order chi connectivity index (χ0) is 20.5. The molecule has 0 aliphatic heterocycles. The second-order valence-electron chi connectivity index (χ2n) is 7.97. The lowest BCUT2D eigenvalue weighted by Gasteiger charge is -2.28. The molecular formula is C23H23FN4OS. The van der Waals surface area contributed by atoms with Gasteiger partial charge in [0.05, 0.1) is 6.54 Å². The van der Waals surface area contributed by atoms with Crippen molar-refractivity contribution < 1.29 is 9.18 Å². The molecule has 7 heteroatoms. The molecule has 154 valence electrons. The highest BCUT2D eigenvalue weighted by molar-refractivity contribution is 7.13. The molecule has 3 aromatic rings. The summed E-state index contributed by atoms with van der Waals surface area (Å²) < 4.78 is 13.0. The van der Waals surface area contributed by atoms with Crippen LogP contribution in [0.4, 0.5) is 4.39 Å². The third kappa shape index (κ3) is 4.13. The predicted molar refractivity (Wildman–Crippen MR) is 114 cm³/mol. The van der Waals surface area contributed by atoms with E-state index in [4.69, 9.17) is 0 Å². The Morgan fingerprint density at radius 3 is 2.70 bits per heavy atom. The number of carbonyl (C=O) groups is 1. The van der Waals surface area contributed by atoms with Crippen LogP contribution in [0.2, 0.25) is 0 Å². The monoisotopic (exact) mass is 422 g/mol. The number of benzene rings is 2. The van der Waals surface area contributed by atoms with Gasteiger partial charge in [0.2, 0.25) is 5.01 Å². The Labute approximate surface area is 179 Å². The van der Waals surface area contributed by atoms with E-state index >= 15 is 0 Å². The van der Waals surface area contributed by atoms with Crippen molar-refractivity contribution in [1.82, 2.24) is 20.4 Å². The van der Waals surface area contributed by atoms with Gasteiger partial charge in [0, 0.05) is 18.6 Å². The first kappa shape index (κ1) is 19.3. The van der Waals surface area contributed by atoms with Crippen LogP contribution in [0, 0.1) is 5.82 Å². The van der Waals surface area contributed by atoms with E-state index < -0.39 is 0 Å². The Hall–Kier alpha value is -2.64. The molecule has 1 amide bonds. The lowest BCUT2D eigenvalue weighted by atomic mass is 10.1. The molecule has 2 aliphatic rings. The highest BCUT2D eigenvalue weighted by Crippen LogP contribution is 2.42. The van der Waals surface area contributed by atoms with Crippen molar-refractivity contribution in [2.75, 3.05) is 0 Å². The Kier molecular flexibility index (Phi) is 5.31. The molecule has 0 unspecified atom stereocenters. The summed E-state index contributed by atoms with van der Waals surface area (Å²) in [5.74, 6) is -0.531. The molecule has 5 nitrogen and oxygen atoms in total. The third-order valence-electron chi connectivity index (χ3n) is 5.86. The van der Waals surface area contributed by atoms with Crippen LogP contribution in [0.15, 0.2) is 48.5 Å². The summed E-state index contributed by atoms with van der Waals surface area (Å²) in [6.07, 6.45) is 4.71. The Morgan fingerprint density at radius 2 is 1.90 bits per heavy atom. The second-order valence-corrected chi connectivity index (χ2v) is 9.03. The van der Waals surface area contributed by atoms with Gasteiger partial charge in [0.15, 0.2) is 0 Å². The largest absolute Gasteiger partial charge is 0.346 e. The van der Waals surface area contributed by atoms with E-state index in [0.29, 0.717) is 23.6 Å². The number of rotatable bonds is 7. The molecule has 1 N–H and O–H groups in total. The summed E-state index contributed by atoms with van der Waals surface area (Å²) in [5.41, 5.74) is 3.73. The summed E-state index contributed by atoms with van der Waals surface area (Å²) in [6.45, 7) is 1.06. The molecule has 1 fully saturated rings. The minimum Gasteiger partial charge on any atom is -0.346 e. The zero-order valence-corrected chi connectivity index (χ0v) is 17.4. The van der Waals surface area contributed by atoms with E-state index in [-0.39, 0.29) is 11.7 Å². The molecule has 2 aliphatic carbocycles. The standard InChI is InChI=1S/C23H23FN4OS/c24-17-8-5-15(6-9-17)13-25-22(29)23-27-26-21(30-23)14-28(18-10-11-18)20-12-7-16-3-1-2-4-19(16)20/h1-6,8-9,18,20H,7,10-14H2,(H,25,29)/t20-/m0/s1. The van der Waals surface area contributed by atoms with Crippen LogP contribution in [0.25, 0.3) is 0 Å². The topological polar surface area (TPSA) is 58.1 Å². The molecule has 2 aromatic carbocycles. The minimum atomic E-state index is -0.288. The highest BCUT2D eigenvalue weighted by Gasteiger charge is 2.38. The summed E-state index contributed by atoms with van der Waals surface area (Å²) >= 11 is 1.36. The average molecular weight is 423 g/mol. The van der Waals surface area contributed by atoms with Crippen molar-refractivity contribution >= 4 is 17.2 Å². The fourth-order valence-electron chi connectivity index (χ4n) is 4.20. The zero-order valence-electron chi connectivity index (χ0n) is 16.6. The van der Waals surface area contributed by atoms with E-state index in [1.165, 1.54) is 47.4 Å². The molecule has 30 heavy (non-hydrogen) atoms. The molecule has 1 atom stereocenters. The number of hydrogen-bond donors (Lipinski definition) is 1. The maximum absolute atomic E-state index is 13.0. The number of aryl methyl sites for hydroxylation is 1. The molecule has 0 bridgehead atoms. The van der Waals surface area contributed by atoms with Gasteiger partial charge in [-0.3, -0.25) is 9.69 Å². The number of carbonyl (C=O) groups excluding carboxylic acids is 1. The lowest BCUT2D eigenvalue weighted by molar-refractivity contribution is 0.0950. The Morgan fingerprint density at radius 1 is 1.10 bits per heavy atom. The average Bonchev–Trinajstić information content (AvgIpc) is 3.35. The molecular weight excluding hydrogens is 399 g/mol. The summed E-state index contributed by atoms with van der Waals surface area (Å²) in [7, 11) is 0. The predicted octanol–water partition coefficient (Wildman–Crippen LogP) is 4.26. The summed E-state index contributed by atoms with van der Waals surface area (Å²) in [4.78, 5) is 15.0. The van der Waals surface area contributed by atoms with Gasteiger partial charge in [-0.25, -0.2) is 4.39 Å². The molecule has 0 radical (unpaired) electrons. The van der Waals surface area contributed by atoms with Crippen LogP contribution in [0.1, 0.15) is 56.8 Å². The number of fused-ring (bicyclic) bond motifs is 1. The molecule has 0 saturated heterocycles. The summed E-state index contributed by atoms with van der Waals surface area (Å²) in [5, 5.41) is 12.5. The van der Waals surface area contributed by atoms with E-state index in [9.17, 15) is 9.18 Å². The number of aromatic nitrogens is 2. The molecule has 1 saturated carbocycles.